The Hall–Kier alpha value is -2.54. The number of carbonyl (C=O) groups is 1. The lowest BCUT2D eigenvalue weighted by Gasteiger charge is -2.16. The molecule has 2 aliphatic rings. The van der Waals surface area contributed by atoms with Gasteiger partial charge in [0.25, 0.3) is 10.0 Å². The van der Waals surface area contributed by atoms with Gasteiger partial charge in [0.2, 0.25) is 5.91 Å². The van der Waals surface area contributed by atoms with E-state index in [1.807, 2.05) is 0 Å². The van der Waals surface area contributed by atoms with E-state index >= 15 is 0 Å². The number of nitrogens with one attached hydrogen (secondary N) is 1. The van der Waals surface area contributed by atoms with Crippen molar-refractivity contribution in [3.63, 3.8) is 0 Å². The molecule has 0 unspecified atom stereocenters. The van der Waals surface area contributed by atoms with Crippen LogP contribution in [0.1, 0.15) is 38.5 Å². The van der Waals surface area contributed by atoms with E-state index in [2.05, 4.69) is 4.72 Å². The first-order valence-electron chi connectivity index (χ1n) is 9.71. The summed E-state index contributed by atoms with van der Waals surface area (Å²) in [4.78, 5) is 13.7. The number of anilines is 2. The number of benzene rings is 2. The summed E-state index contributed by atoms with van der Waals surface area (Å²) in [6.07, 6.45) is 6.20. The van der Waals surface area contributed by atoms with Gasteiger partial charge in [-0.2, -0.15) is 0 Å². The molecule has 0 atom stereocenters. The highest BCUT2D eigenvalue weighted by Gasteiger charge is 2.22. The monoisotopic (exact) mass is 400 g/mol. The van der Waals surface area contributed by atoms with Crippen LogP contribution in [0.3, 0.4) is 0 Å². The van der Waals surface area contributed by atoms with E-state index in [-0.39, 0.29) is 16.9 Å². The minimum Gasteiger partial charge on any atom is -0.490 e. The first-order chi connectivity index (χ1) is 13.5. The number of rotatable bonds is 6. The van der Waals surface area contributed by atoms with Crippen LogP contribution in [0.4, 0.5) is 11.4 Å². The Morgan fingerprint density at radius 3 is 2.21 bits per heavy atom. The van der Waals surface area contributed by atoms with Crippen molar-refractivity contribution in [2.45, 2.75) is 49.5 Å². The number of hydrogen-bond acceptors (Lipinski definition) is 4. The van der Waals surface area contributed by atoms with Gasteiger partial charge in [0.1, 0.15) is 5.75 Å². The quantitative estimate of drug-likeness (QED) is 0.797. The Morgan fingerprint density at radius 2 is 1.61 bits per heavy atom. The largest absolute Gasteiger partial charge is 0.490 e. The van der Waals surface area contributed by atoms with E-state index in [4.69, 9.17) is 4.74 Å². The maximum atomic E-state index is 12.6. The summed E-state index contributed by atoms with van der Waals surface area (Å²) in [7, 11) is -3.70. The van der Waals surface area contributed by atoms with Crippen molar-refractivity contribution in [1.29, 1.82) is 0 Å². The lowest BCUT2D eigenvalue weighted by Crippen LogP contribution is -2.23. The van der Waals surface area contributed by atoms with E-state index in [1.165, 1.54) is 25.0 Å². The van der Waals surface area contributed by atoms with Crippen LogP contribution in [-0.2, 0) is 14.8 Å². The van der Waals surface area contributed by atoms with Crippen molar-refractivity contribution in [3.8, 4) is 5.75 Å². The fourth-order valence-electron chi connectivity index (χ4n) is 3.74. The molecule has 2 fully saturated rings. The van der Waals surface area contributed by atoms with E-state index < -0.39 is 10.0 Å². The van der Waals surface area contributed by atoms with Gasteiger partial charge < -0.3 is 9.64 Å². The molecule has 1 amide bonds. The van der Waals surface area contributed by atoms with Crippen LogP contribution < -0.4 is 14.4 Å². The predicted molar refractivity (Wildman–Crippen MR) is 108 cm³/mol. The van der Waals surface area contributed by atoms with Crippen molar-refractivity contribution < 1.29 is 17.9 Å². The number of sulfonamides is 1. The molecule has 7 heteroatoms. The lowest BCUT2D eigenvalue weighted by atomic mass is 10.3. The lowest BCUT2D eigenvalue weighted by molar-refractivity contribution is -0.117. The van der Waals surface area contributed by atoms with Gasteiger partial charge in [-0.05, 0) is 80.6 Å². The topological polar surface area (TPSA) is 75.7 Å². The molecule has 0 bridgehead atoms. The third-order valence-corrected chi connectivity index (χ3v) is 6.64. The second-order valence-corrected chi connectivity index (χ2v) is 8.98. The van der Waals surface area contributed by atoms with Crippen LogP contribution in [0.2, 0.25) is 0 Å². The molecule has 6 nitrogen and oxygen atoms in total. The summed E-state index contributed by atoms with van der Waals surface area (Å²) in [5, 5.41) is 0. The van der Waals surface area contributed by atoms with Gasteiger partial charge in [-0.1, -0.05) is 0 Å². The zero-order chi connectivity index (χ0) is 19.6. The normalized spacial score (nSPS) is 17.9. The summed E-state index contributed by atoms with van der Waals surface area (Å²) in [6, 6.07) is 13.4. The Balaban J connectivity index is 1.42. The molecular formula is C21H24N2O4S. The van der Waals surface area contributed by atoms with Crippen molar-refractivity contribution in [1.82, 2.24) is 0 Å². The molecule has 1 N–H and O–H groups in total. The second-order valence-electron chi connectivity index (χ2n) is 7.30. The number of ether oxygens (including phenoxy) is 1. The van der Waals surface area contributed by atoms with Crippen LogP contribution in [0.25, 0.3) is 0 Å². The molecule has 0 radical (unpaired) electrons. The number of nitrogens with zero attached hydrogens (tertiary/aromatic N) is 1. The van der Waals surface area contributed by atoms with E-state index in [0.717, 1.165) is 30.7 Å². The van der Waals surface area contributed by atoms with E-state index in [1.54, 1.807) is 41.3 Å². The van der Waals surface area contributed by atoms with Crippen molar-refractivity contribution >= 4 is 27.3 Å². The zero-order valence-electron chi connectivity index (χ0n) is 15.6. The molecule has 2 aromatic carbocycles. The van der Waals surface area contributed by atoms with Gasteiger partial charge in [-0.15, -0.1) is 0 Å². The number of carbonyl (C=O) groups excluding carboxylic acids is 1. The highest BCUT2D eigenvalue weighted by atomic mass is 32.2. The number of amides is 1. The smallest absolute Gasteiger partial charge is 0.261 e. The summed E-state index contributed by atoms with van der Waals surface area (Å²) < 4.78 is 33.8. The minimum atomic E-state index is -3.70. The highest BCUT2D eigenvalue weighted by Crippen LogP contribution is 2.27. The van der Waals surface area contributed by atoms with Crippen molar-refractivity contribution in [3.05, 3.63) is 48.5 Å². The van der Waals surface area contributed by atoms with Crippen LogP contribution in [0, 0.1) is 0 Å². The van der Waals surface area contributed by atoms with Gasteiger partial charge in [-0.25, -0.2) is 8.42 Å². The molecule has 28 heavy (non-hydrogen) atoms. The van der Waals surface area contributed by atoms with Gasteiger partial charge in [0.05, 0.1) is 11.0 Å². The van der Waals surface area contributed by atoms with Crippen molar-refractivity contribution in [2.24, 2.45) is 0 Å². The SMILES string of the molecule is O=C1CCCN1c1ccc(S(=O)(=O)Nc2ccc(OC3CCCC3)cc2)cc1. The Morgan fingerprint density at radius 1 is 0.929 bits per heavy atom. The first kappa shape index (κ1) is 18.8. The second kappa shape index (κ2) is 7.83. The average molecular weight is 401 g/mol. The third kappa shape index (κ3) is 4.14. The maximum absolute atomic E-state index is 12.6. The highest BCUT2D eigenvalue weighted by molar-refractivity contribution is 7.92. The van der Waals surface area contributed by atoms with Gasteiger partial charge in [0, 0.05) is 24.3 Å². The van der Waals surface area contributed by atoms with E-state index in [0.29, 0.717) is 18.7 Å². The minimum absolute atomic E-state index is 0.0774. The van der Waals surface area contributed by atoms with Crippen LogP contribution in [0.15, 0.2) is 53.4 Å². The number of hydrogen-bond donors (Lipinski definition) is 1. The Bertz CT molecular complexity index is 933. The summed E-state index contributed by atoms with van der Waals surface area (Å²) in [6.45, 7) is 0.679. The Labute approximate surface area is 165 Å². The standard InChI is InChI=1S/C21H24N2O4S/c24-21-6-3-15-23(21)17-9-13-20(14-10-17)28(25,26)22-16-7-11-19(12-8-16)27-18-4-1-2-5-18/h7-14,18,22H,1-6,15H2. The molecule has 1 saturated heterocycles. The molecule has 1 aliphatic heterocycles. The average Bonchev–Trinajstić information content (AvgIpc) is 3.35. The molecule has 1 aliphatic carbocycles. The first-order valence-corrected chi connectivity index (χ1v) is 11.2. The maximum Gasteiger partial charge on any atom is 0.261 e. The molecule has 0 aromatic heterocycles. The Kier molecular flexibility index (Phi) is 5.26. The summed E-state index contributed by atoms with van der Waals surface area (Å²) in [5.74, 6) is 0.836. The zero-order valence-corrected chi connectivity index (χ0v) is 16.5. The van der Waals surface area contributed by atoms with Crippen LogP contribution >= 0.6 is 0 Å². The van der Waals surface area contributed by atoms with Crippen molar-refractivity contribution in [2.75, 3.05) is 16.2 Å². The summed E-state index contributed by atoms with van der Waals surface area (Å²) >= 11 is 0. The molecule has 4 rings (SSSR count). The molecule has 1 heterocycles. The van der Waals surface area contributed by atoms with Crippen LogP contribution in [-0.4, -0.2) is 27.0 Å². The van der Waals surface area contributed by atoms with Gasteiger partial charge >= 0.3 is 0 Å². The predicted octanol–water partition coefficient (Wildman–Crippen LogP) is 3.94. The fourth-order valence-corrected chi connectivity index (χ4v) is 4.80. The molecule has 2 aromatic rings. The van der Waals surface area contributed by atoms with Gasteiger partial charge in [-0.3, -0.25) is 9.52 Å². The molecule has 148 valence electrons. The molecule has 0 spiro atoms. The van der Waals surface area contributed by atoms with Crippen LogP contribution in [0.5, 0.6) is 5.75 Å². The fraction of sp³-hybridized carbons (Fsp3) is 0.381. The molecular weight excluding hydrogens is 376 g/mol. The van der Waals surface area contributed by atoms with Gasteiger partial charge in [0.15, 0.2) is 0 Å². The third-order valence-electron chi connectivity index (χ3n) is 5.24. The van der Waals surface area contributed by atoms with E-state index in [9.17, 15) is 13.2 Å². The molecule has 1 saturated carbocycles. The summed E-state index contributed by atoms with van der Waals surface area (Å²) in [5.41, 5.74) is 1.22.